The Morgan fingerprint density at radius 2 is 1.96 bits per heavy atom. The predicted molar refractivity (Wildman–Crippen MR) is 98.2 cm³/mol. The Morgan fingerprint density at radius 1 is 1.21 bits per heavy atom. The van der Waals surface area contributed by atoms with Gasteiger partial charge in [0.25, 0.3) is 0 Å². The highest BCUT2D eigenvalue weighted by molar-refractivity contribution is 7.89. The number of methoxy groups -OCH3 is 1. The van der Waals surface area contributed by atoms with Gasteiger partial charge >= 0.3 is 0 Å². The van der Waals surface area contributed by atoms with Crippen LogP contribution in [0.5, 0.6) is 0 Å². The molecule has 0 aliphatic carbocycles. The summed E-state index contributed by atoms with van der Waals surface area (Å²) < 4.78 is 33.6. The molecule has 2 aromatic carbocycles. The van der Waals surface area contributed by atoms with Gasteiger partial charge in [0, 0.05) is 19.0 Å². The zero-order chi connectivity index (χ0) is 16.3. The zero-order valence-electron chi connectivity index (χ0n) is 13.6. The summed E-state index contributed by atoms with van der Waals surface area (Å²) in [6, 6.07) is 12.8. The van der Waals surface area contributed by atoms with Gasteiger partial charge in [0.1, 0.15) is 0 Å². The minimum Gasteiger partial charge on any atom is -0.383 e. The van der Waals surface area contributed by atoms with E-state index in [1.54, 1.807) is 19.2 Å². The minimum atomic E-state index is -3.58. The van der Waals surface area contributed by atoms with Crippen LogP contribution in [-0.2, 0) is 14.8 Å². The summed E-state index contributed by atoms with van der Waals surface area (Å²) in [5.74, 6) is 0. The summed E-state index contributed by atoms with van der Waals surface area (Å²) in [6.45, 7) is 1.71. The fourth-order valence-corrected chi connectivity index (χ4v) is 4.57. The van der Waals surface area contributed by atoms with Gasteiger partial charge in [0.2, 0.25) is 10.0 Å². The van der Waals surface area contributed by atoms with E-state index in [-0.39, 0.29) is 17.9 Å². The van der Waals surface area contributed by atoms with Crippen molar-refractivity contribution < 1.29 is 13.2 Å². The van der Waals surface area contributed by atoms with Crippen molar-refractivity contribution in [1.29, 1.82) is 0 Å². The third-order valence-corrected chi connectivity index (χ3v) is 5.85. The van der Waals surface area contributed by atoms with Crippen LogP contribution in [0, 0.1) is 0 Å². The topological polar surface area (TPSA) is 67.4 Å². The highest BCUT2D eigenvalue weighted by Gasteiger charge is 2.35. The molecule has 7 heteroatoms. The molecule has 1 aliphatic heterocycles. The number of fused-ring (bicyclic) bond motifs is 1. The molecule has 1 fully saturated rings. The molecule has 0 amide bonds. The third-order valence-electron chi connectivity index (χ3n) is 4.39. The number of hydrogen-bond donors (Lipinski definition) is 2. The van der Waals surface area contributed by atoms with E-state index < -0.39 is 10.0 Å². The minimum absolute atomic E-state index is 0. The number of sulfonamides is 1. The molecular weight excluding hydrogens is 348 g/mol. The number of nitrogens with one attached hydrogen (secondary N) is 2. The largest absolute Gasteiger partial charge is 0.383 e. The number of halogens is 1. The molecule has 0 spiro atoms. The van der Waals surface area contributed by atoms with Gasteiger partial charge in [-0.15, -0.1) is 12.4 Å². The molecular formula is C17H23ClN2O3S. The second-order valence-corrected chi connectivity index (χ2v) is 7.78. The van der Waals surface area contributed by atoms with Crippen molar-refractivity contribution >= 4 is 33.2 Å². The Morgan fingerprint density at radius 3 is 2.67 bits per heavy atom. The molecule has 1 atom stereocenters. The smallest absolute Gasteiger partial charge is 0.241 e. The average molecular weight is 371 g/mol. The number of rotatable bonds is 6. The zero-order valence-corrected chi connectivity index (χ0v) is 15.3. The molecule has 2 aromatic rings. The van der Waals surface area contributed by atoms with Crippen molar-refractivity contribution in [3.63, 3.8) is 0 Å². The van der Waals surface area contributed by atoms with Crippen molar-refractivity contribution in [2.45, 2.75) is 23.3 Å². The van der Waals surface area contributed by atoms with Crippen LogP contribution in [0.3, 0.4) is 0 Å². The normalized spacial score (nSPS) is 20.9. The number of benzene rings is 2. The first-order valence-electron chi connectivity index (χ1n) is 7.78. The van der Waals surface area contributed by atoms with E-state index in [9.17, 15) is 8.42 Å². The second-order valence-electron chi connectivity index (χ2n) is 6.05. The first-order valence-corrected chi connectivity index (χ1v) is 9.26. The molecule has 0 aromatic heterocycles. The summed E-state index contributed by atoms with van der Waals surface area (Å²) in [7, 11) is -1.94. The monoisotopic (exact) mass is 370 g/mol. The van der Waals surface area contributed by atoms with E-state index in [2.05, 4.69) is 10.0 Å². The molecule has 1 aliphatic rings. The van der Waals surface area contributed by atoms with Crippen molar-refractivity contribution in [3.05, 3.63) is 42.5 Å². The Labute approximate surface area is 149 Å². The van der Waals surface area contributed by atoms with E-state index in [0.29, 0.717) is 18.0 Å². The van der Waals surface area contributed by atoms with E-state index in [4.69, 9.17) is 4.74 Å². The fourth-order valence-electron chi connectivity index (χ4n) is 3.21. The Bertz CT molecular complexity index is 784. The lowest BCUT2D eigenvalue weighted by atomic mass is 9.99. The molecule has 1 saturated heterocycles. The molecule has 132 valence electrons. The van der Waals surface area contributed by atoms with E-state index in [1.807, 2.05) is 30.3 Å². The quantitative estimate of drug-likeness (QED) is 0.818. The highest BCUT2D eigenvalue weighted by Crippen LogP contribution is 2.24. The summed E-state index contributed by atoms with van der Waals surface area (Å²) >= 11 is 0. The first-order chi connectivity index (χ1) is 11.1. The second kappa shape index (κ2) is 7.80. The van der Waals surface area contributed by atoms with Crippen LogP contribution in [0.25, 0.3) is 10.8 Å². The van der Waals surface area contributed by atoms with Crippen molar-refractivity contribution in [2.24, 2.45) is 0 Å². The van der Waals surface area contributed by atoms with E-state index in [0.717, 1.165) is 30.2 Å². The van der Waals surface area contributed by atoms with Crippen LogP contribution in [0.15, 0.2) is 47.4 Å². The predicted octanol–water partition coefficient (Wildman–Crippen LogP) is 2.31. The van der Waals surface area contributed by atoms with E-state index in [1.165, 1.54) is 0 Å². The molecule has 24 heavy (non-hydrogen) atoms. The maximum Gasteiger partial charge on any atom is 0.241 e. The Kier molecular flexibility index (Phi) is 6.22. The number of hydrogen-bond acceptors (Lipinski definition) is 4. The molecule has 1 heterocycles. The summed E-state index contributed by atoms with van der Waals surface area (Å²) in [5, 5.41) is 5.04. The maximum absolute atomic E-state index is 12.8. The Balaban J connectivity index is 0.00000208. The van der Waals surface area contributed by atoms with Crippen molar-refractivity contribution in [2.75, 3.05) is 26.8 Å². The maximum atomic E-state index is 12.8. The van der Waals surface area contributed by atoms with Crippen LogP contribution in [0.2, 0.25) is 0 Å². The highest BCUT2D eigenvalue weighted by atomic mass is 35.5. The van der Waals surface area contributed by atoms with Gasteiger partial charge in [-0.1, -0.05) is 36.4 Å². The molecule has 0 radical (unpaired) electrons. The molecule has 2 N–H and O–H groups in total. The molecule has 3 rings (SSSR count). The van der Waals surface area contributed by atoms with Crippen LogP contribution in [0.4, 0.5) is 0 Å². The number of ether oxygens (including phenoxy) is 1. The van der Waals surface area contributed by atoms with Gasteiger partial charge in [0.15, 0.2) is 0 Å². The van der Waals surface area contributed by atoms with Crippen molar-refractivity contribution in [1.82, 2.24) is 10.0 Å². The third kappa shape index (κ3) is 3.90. The van der Waals surface area contributed by atoms with Gasteiger partial charge in [-0.05, 0) is 30.8 Å². The van der Waals surface area contributed by atoms with Crippen LogP contribution in [-0.4, -0.2) is 40.8 Å². The molecule has 5 nitrogen and oxygen atoms in total. The summed E-state index contributed by atoms with van der Waals surface area (Å²) in [6.07, 6.45) is 1.93. The average Bonchev–Trinajstić information content (AvgIpc) is 3.02. The van der Waals surface area contributed by atoms with Gasteiger partial charge in [-0.3, -0.25) is 0 Å². The fraction of sp³-hybridized carbons (Fsp3) is 0.412. The Hall–Kier alpha value is -1.18. The van der Waals surface area contributed by atoms with Crippen LogP contribution >= 0.6 is 12.4 Å². The van der Waals surface area contributed by atoms with Gasteiger partial charge in [-0.2, -0.15) is 0 Å². The van der Waals surface area contributed by atoms with Crippen molar-refractivity contribution in [3.8, 4) is 0 Å². The lowest BCUT2D eigenvalue weighted by Gasteiger charge is -2.29. The lowest BCUT2D eigenvalue weighted by molar-refractivity contribution is 0.122. The van der Waals surface area contributed by atoms with Gasteiger partial charge in [0.05, 0.1) is 17.0 Å². The summed E-state index contributed by atoms with van der Waals surface area (Å²) in [4.78, 5) is 0.321. The lowest BCUT2D eigenvalue weighted by Crippen LogP contribution is -2.52. The van der Waals surface area contributed by atoms with Crippen LogP contribution < -0.4 is 10.0 Å². The molecule has 0 saturated carbocycles. The molecule has 0 bridgehead atoms. The molecule has 1 unspecified atom stereocenters. The summed E-state index contributed by atoms with van der Waals surface area (Å²) in [5.41, 5.74) is -0.313. The first kappa shape index (κ1) is 19.1. The SMILES string of the molecule is COCC1(CNS(=O)(=O)c2cccc3ccccc23)CCCN1.Cl. The van der Waals surface area contributed by atoms with Gasteiger partial charge in [-0.25, -0.2) is 13.1 Å². The van der Waals surface area contributed by atoms with Gasteiger partial charge < -0.3 is 10.1 Å². The van der Waals surface area contributed by atoms with E-state index >= 15 is 0 Å². The van der Waals surface area contributed by atoms with Crippen LogP contribution in [0.1, 0.15) is 12.8 Å². The standard InChI is InChI=1S/C17H22N2O3S.ClH/c1-22-13-17(10-5-11-18-17)12-19-23(20,21)16-9-4-7-14-6-2-3-8-15(14)16;/h2-4,6-9,18-19H,5,10-13H2,1H3;1H.